The van der Waals surface area contributed by atoms with Crippen molar-refractivity contribution in [1.29, 1.82) is 0 Å². The van der Waals surface area contributed by atoms with Crippen molar-refractivity contribution < 1.29 is 0 Å². The molecule has 0 saturated heterocycles. The largest absolute Gasteiger partial charge is 0.314 e. The Labute approximate surface area is 106 Å². The standard InChI is InChI=1S/C16H25N/c1-4-17-16(12-10-14(2)3)13-11-15-8-6-5-7-9-15/h5-9,16-17H,2,4,10-13H2,1,3H3. The SMILES string of the molecule is C=C(C)CCC(CCc1ccccc1)NCC. The first-order chi connectivity index (χ1) is 8.22. The Morgan fingerprint density at radius 3 is 2.53 bits per heavy atom. The molecule has 1 heteroatoms. The van der Waals surface area contributed by atoms with Gasteiger partial charge in [0.25, 0.3) is 0 Å². The van der Waals surface area contributed by atoms with Gasteiger partial charge in [-0.1, -0.05) is 42.8 Å². The molecule has 0 saturated carbocycles. The van der Waals surface area contributed by atoms with Crippen LogP contribution in [0.15, 0.2) is 42.5 Å². The molecule has 94 valence electrons. The molecule has 0 aliphatic rings. The van der Waals surface area contributed by atoms with Crippen LogP contribution in [0, 0.1) is 0 Å². The van der Waals surface area contributed by atoms with Crippen molar-refractivity contribution in [3.63, 3.8) is 0 Å². The first-order valence-corrected chi connectivity index (χ1v) is 6.64. The summed E-state index contributed by atoms with van der Waals surface area (Å²) < 4.78 is 0. The molecule has 17 heavy (non-hydrogen) atoms. The summed E-state index contributed by atoms with van der Waals surface area (Å²) in [6.45, 7) is 9.32. The molecule has 1 aromatic carbocycles. The van der Waals surface area contributed by atoms with Crippen molar-refractivity contribution in [2.24, 2.45) is 0 Å². The van der Waals surface area contributed by atoms with Gasteiger partial charge in [-0.3, -0.25) is 0 Å². The lowest BCUT2D eigenvalue weighted by molar-refractivity contribution is 0.464. The predicted molar refractivity (Wildman–Crippen MR) is 76.3 cm³/mol. The molecule has 0 heterocycles. The summed E-state index contributed by atoms with van der Waals surface area (Å²) in [5.74, 6) is 0. The van der Waals surface area contributed by atoms with Crippen LogP contribution < -0.4 is 5.32 Å². The van der Waals surface area contributed by atoms with E-state index in [1.807, 2.05) is 0 Å². The van der Waals surface area contributed by atoms with Gasteiger partial charge in [0, 0.05) is 6.04 Å². The van der Waals surface area contributed by atoms with E-state index in [0.29, 0.717) is 6.04 Å². The van der Waals surface area contributed by atoms with Crippen LogP contribution in [0.4, 0.5) is 0 Å². The molecule has 0 amide bonds. The summed E-state index contributed by atoms with van der Waals surface area (Å²) in [7, 11) is 0. The molecule has 1 nitrogen and oxygen atoms in total. The number of aryl methyl sites for hydroxylation is 1. The van der Waals surface area contributed by atoms with E-state index in [1.165, 1.54) is 24.0 Å². The van der Waals surface area contributed by atoms with Gasteiger partial charge in [0.05, 0.1) is 0 Å². The summed E-state index contributed by atoms with van der Waals surface area (Å²) >= 11 is 0. The summed E-state index contributed by atoms with van der Waals surface area (Å²) in [4.78, 5) is 0. The smallest absolute Gasteiger partial charge is 0.00731 e. The summed E-state index contributed by atoms with van der Waals surface area (Å²) in [6, 6.07) is 11.4. The molecule has 0 radical (unpaired) electrons. The third kappa shape index (κ3) is 6.28. The maximum Gasteiger partial charge on any atom is 0.00731 e. The molecule has 1 atom stereocenters. The van der Waals surface area contributed by atoms with Gasteiger partial charge in [0.15, 0.2) is 0 Å². The van der Waals surface area contributed by atoms with Crippen LogP contribution in [0.1, 0.15) is 38.7 Å². The summed E-state index contributed by atoms with van der Waals surface area (Å²) in [6.07, 6.45) is 4.71. The Balaban J connectivity index is 2.36. The zero-order valence-electron chi connectivity index (χ0n) is 11.2. The average Bonchev–Trinajstić information content (AvgIpc) is 2.34. The molecule has 1 rings (SSSR count). The van der Waals surface area contributed by atoms with Crippen molar-refractivity contribution in [3.8, 4) is 0 Å². The van der Waals surface area contributed by atoms with Gasteiger partial charge in [0.2, 0.25) is 0 Å². The Bertz CT molecular complexity index is 316. The van der Waals surface area contributed by atoms with Gasteiger partial charge in [-0.25, -0.2) is 0 Å². The highest BCUT2D eigenvalue weighted by Crippen LogP contribution is 2.11. The second-order valence-electron chi connectivity index (χ2n) is 4.77. The molecular formula is C16H25N. The van der Waals surface area contributed by atoms with Crippen LogP contribution in [-0.2, 0) is 6.42 Å². The zero-order chi connectivity index (χ0) is 12.5. The third-order valence-corrected chi connectivity index (χ3v) is 3.04. The van der Waals surface area contributed by atoms with Crippen LogP contribution in [0.25, 0.3) is 0 Å². The van der Waals surface area contributed by atoms with Crippen molar-refractivity contribution in [2.75, 3.05) is 6.54 Å². The van der Waals surface area contributed by atoms with Crippen molar-refractivity contribution in [2.45, 2.75) is 45.6 Å². The molecule has 0 aliphatic carbocycles. The van der Waals surface area contributed by atoms with E-state index < -0.39 is 0 Å². The first-order valence-electron chi connectivity index (χ1n) is 6.64. The second-order valence-corrected chi connectivity index (χ2v) is 4.77. The highest BCUT2D eigenvalue weighted by atomic mass is 14.9. The average molecular weight is 231 g/mol. The number of nitrogens with one attached hydrogen (secondary N) is 1. The number of hydrogen-bond donors (Lipinski definition) is 1. The van der Waals surface area contributed by atoms with Crippen LogP contribution in [0.5, 0.6) is 0 Å². The van der Waals surface area contributed by atoms with Gasteiger partial charge < -0.3 is 5.32 Å². The molecule has 1 N–H and O–H groups in total. The Hall–Kier alpha value is -1.08. The molecule has 0 bridgehead atoms. The molecule has 1 aromatic rings. The molecular weight excluding hydrogens is 206 g/mol. The number of benzene rings is 1. The van der Waals surface area contributed by atoms with E-state index in [4.69, 9.17) is 0 Å². The molecule has 1 unspecified atom stereocenters. The first kappa shape index (κ1) is 14.0. The minimum Gasteiger partial charge on any atom is -0.314 e. The summed E-state index contributed by atoms with van der Waals surface area (Å²) in [5.41, 5.74) is 2.72. The number of rotatable bonds is 8. The normalized spacial score (nSPS) is 12.4. The van der Waals surface area contributed by atoms with Crippen molar-refractivity contribution in [3.05, 3.63) is 48.0 Å². The lowest BCUT2D eigenvalue weighted by Crippen LogP contribution is -2.29. The van der Waals surface area contributed by atoms with Gasteiger partial charge in [0.1, 0.15) is 0 Å². The molecule has 0 spiro atoms. The maximum atomic E-state index is 3.98. The lowest BCUT2D eigenvalue weighted by atomic mass is 10.00. The number of allylic oxidation sites excluding steroid dienone is 1. The van der Waals surface area contributed by atoms with Gasteiger partial charge in [-0.2, -0.15) is 0 Å². The fraction of sp³-hybridized carbons (Fsp3) is 0.500. The highest BCUT2D eigenvalue weighted by Gasteiger charge is 2.07. The van der Waals surface area contributed by atoms with E-state index in [2.05, 4.69) is 56.1 Å². The van der Waals surface area contributed by atoms with E-state index >= 15 is 0 Å². The van der Waals surface area contributed by atoms with Gasteiger partial charge in [-0.15, -0.1) is 6.58 Å². The van der Waals surface area contributed by atoms with E-state index in [0.717, 1.165) is 19.4 Å². The molecule has 0 aromatic heterocycles. The Morgan fingerprint density at radius 1 is 1.24 bits per heavy atom. The molecule has 0 aliphatic heterocycles. The maximum absolute atomic E-state index is 3.98. The second kappa shape index (κ2) is 8.08. The van der Waals surface area contributed by atoms with Gasteiger partial charge in [-0.05, 0) is 44.7 Å². The third-order valence-electron chi connectivity index (χ3n) is 3.04. The van der Waals surface area contributed by atoms with E-state index in [1.54, 1.807) is 0 Å². The minimum absolute atomic E-state index is 0.622. The Morgan fingerprint density at radius 2 is 1.94 bits per heavy atom. The zero-order valence-corrected chi connectivity index (χ0v) is 11.2. The summed E-state index contributed by atoms with van der Waals surface area (Å²) in [5, 5.41) is 3.57. The van der Waals surface area contributed by atoms with Crippen LogP contribution in [-0.4, -0.2) is 12.6 Å². The fourth-order valence-electron chi connectivity index (χ4n) is 2.04. The van der Waals surface area contributed by atoms with E-state index in [-0.39, 0.29) is 0 Å². The van der Waals surface area contributed by atoms with Crippen molar-refractivity contribution >= 4 is 0 Å². The predicted octanol–water partition coefficient (Wildman–Crippen LogP) is 3.95. The number of hydrogen-bond acceptors (Lipinski definition) is 1. The van der Waals surface area contributed by atoms with Crippen LogP contribution >= 0.6 is 0 Å². The fourth-order valence-corrected chi connectivity index (χ4v) is 2.04. The topological polar surface area (TPSA) is 12.0 Å². The minimum atomic E-state index is 0.622. The van der Waals surface area contributed by atoms with Crippen LogP contribution in [0.3, 0.4) is 0 Å². The molecule has 0 fully saturated rings. The quantitative estimate of drug-likeness (QED) is 0.668. The van der Waals surface area contributed by atoms with Crippen molar-refractivity contribution in [1.82, 2.24) is 5.32 Å². The van der Waals surface area contributed by atoms with Crippen LogP contribution in [0.2, 0.25) is 0 Å². The van der Waals surface area contributed by atoms with Gasteiger partial charge >= 0.3 is 0 Å². The Kier molecular flexibility index (Phi) is 6.64. The highest BCUT2D eigenvalue weighted by molar-refractivity contribution is 5.14. The monoisotopic (exact) mass is 231 g/mol. The lowest BCUT2D eigenvalue weighted by Gasteiger charge is -2.17. The van der Waals surface area contributed by atoms with E-state index in [9.17, 15) is 0 Å².